The molecule has 1 spiro atoms. The molecule has 2 heterocycles. The number of hydrogen-bond acceptors (Lipinski definition) is 4. The second-order valence-corrected chi connectivity index (χ2v) is 8.55. The number of aliphatic hydroxyl groups excluding tert-OH is 1. The van der Waals surface area contributed by atoms with E-state index in [0.717, 1.165) is 31.6 Å². The quantitative estimate of drug-likeness (QED) is 0.866. The van der Waals surface area contributed by atoms with Gasteiger partial charge >= 0.3 is 0 Å². The Bertz CT molecular complexity index is 739. The number of aromatic nitrogens is 2. The molecule has 2 fully saturated rings. The highest BCUT2D eigenvalue weighted by molar-refractivity contribution is 5.35. The van der Waals surface area contributed by atoms with Gasteiger partial charge in [0.05, 0.1) is 11.8 Å². The summed E-state index contributed by atoms with van der Waals surface area (Å²) < 4.78 is 1.88. The predicted molar refractivity (Wildman–Crippen MR) is 103 cm³/mol. The van der Waals surface area contributed by atoms with Gasteiger partial charge in [-0.25, -0.2) is 4.68 Å². The van der Waals surface area contributed by atoms with Gasteiger partial charge in [0.1, 0.15) is 0 Å². The molecule has 4 rings (SSSR count). The van der Waals surface area contributed by atoms with E-state index >= 15 is 0 Å². The molecule has 1 saturated heterocycles. The highest BCUT2D eigenvalue weighted by Gasteiger charge is 2.57. The van der Waals surface area contributed by atoms with Crippen LogP contribution in [-0.2, 0) is 6.54 Å². The lowest BCUT2D eigenvalue weighted by atomic mass is 9.66. The summed E-state index contributed by atoms with van der Waals surface area (Å²) in [7, 11) is 2.21. The molecule has 1 aromatic heterocycles. The van der Waals surface area contributed by atoms with Crippen LogP contribution in [0.15, 0.2) is 42.7 Å². The molecule has 5 nitrogen and oxygen atoms in total. The summed E-state index contributed by atoms with van der Waals surface area (Å²) in [5.41, 5.74) is 2.58. The second kappa shape index (κ2) is 6.80. The van der Waals surface area contributed by atoms with Crippen LogP contribution in [0, 0.1) is 11.3 Å². The zero-order valence-electron chi connectivity index (χ0n) is 16.0. The van der Waals surface area contributed by atoms with Crippen LogP contribution < -0.4 is 5.32 Å². The monoisotopic (exact) mass is 354 g/mol. The third-order valence-corrected chi connectivity index (χ3v) is 6.25. The summed E-state index contributed by atoms with van der Waals surface area (Å²) in [5, 5.41) is 18.6. The molecule has 2 N–H and O–H groups in total. The Kier molecular flexibility index (Phi) is 4.63. The van der Waals surface area contributed by atoms with Crippen molar-refractivity contribution in [3.8, 4) is 5.69 Å². The van der Waals surface area contributed by atoms with E-state index < -0.39 is 0 Å². The maximum atomic E-state index is 10.7. The third-order valence-electron chi connectivity index (χ3n) is 6.25. The first-order valence-corrected chi connectivity index (χ1v) is 9.69. The van der Waals surface area contributed by atoms with Crippen LogP contribution in [0.3, 0.4) is 0 Å². The van der Waals surface area contributed by atoms with E-state index in [1.807, 2.05) is 16.9 Å². The number of likely N-dealkylation sites (tertiary alicyclic amines) is 1. The Morgan fingerprint density at radius 1 is 1.31 bits per heavy atom. The minimum absolute atomic E-state index is 0.179. The fourth-order valence-corrected chi connectivity index (χ4v) is 5.53. The molecule has 0 radical (unpaired) electrons. The van der Waals surface area contributed by atoms with Gasteiger partial charge in [-0.3, -0.25) is 0 Å². The van der Waals surface area contributed by atoms with E-state index in [4.69, 9.17) is 0 Å². The van der Waals surface area contributed by atoms with Crippen molar-refractivity contribution in [1.82, 2.24) is 20.0 Å². The average molecular weight is 354 g/mol. The first-order chi connectivity index (χ1) is 12.5. The van der Waals surface area contributed by atoms with Crippen molar-refractivity contribution in [2.75, 3.05) is 13.6 Å². The normalized spacial score (nSPS) is 31.7. The van der Waals surface area contributed by atoms with E-state index in [0.29, 0.717) is 12.0 Å². The molecule has 1 aliphatic heterocycles. The highest BCUT2D eigenvalue weighted by atomic mass is 16.3. The van der Waals surface area contributed by atoms with Gasteiger partial charge in [-0.1, -0.05) is 26.0 Å². The summed E-state index contributed by atoms with van der Waals surface area (Å²) in [6.45, 7) is 6.49. The lowest BCUT2D eigenvalue weighted by Crippen LogP contribution is -2.64. The van der Waals surface area contributed by atoms with Gasteiger partial charge in [0.2, 0.25) is 0 Å². The zero-order chi connectivity index (χ0) is 18.3. The van der Waals surface area contributed by atoms with Gasteiger partial charge in [-0.15, -0.1) is 0 Å². The van der Waals surface area contributed by atoms with Crippen molar-refractivity contribution in [2.45, 2.75) is 51.4 Å². The first-order valence-electron chi connectivity index (χ1n) is 9.69. The number of hydrogen-bond donors (Lipinski definition) is 2. The number of benzene rings is 1. The average Bonchev–Trinajstić information content (AvgIpc) is 3.21. The molecule has 1 aromatic carbocycles. The van der Waals surface area contributed by atoms with Crippen molar-refractivity contribution in [3.05, 3.63) is 48.3 Å². The van der Waals surface area contributed by atoms with Gasteiger partial charge in [-0.05, 0) is 49.6 Å². The molecule has 1 aliphatic carbocycles. The highest BCUT2D eigenvalue weighted by Crippen LogP contribution is 2.52. The lowest BCUT2D eigenvalue weighted by molar-refractivity contribution is -0.0828. The SMILES string of the molecule is CC(C)C1N(C)CC12C[C@@H](O)[C@H](NCc1cccc(-n3cccn3)c1)C2. The molecule has 5 heteroatoms. The zero-order valence-corrected chi connectivity index (χ0v) is 16.0. The molecule has 2 aliphatic rings. The van der Waals surface area contributed by atoms with Crippen molar-refractivity contribution in [3.63, 3.8) is 0 Å². The van der Waals surface area contributed by atoms with Gasteiger partial charge in [0.15, 0.2) is 0 Å². The fourth-order valence-electron chi connectivity index (χ4n) is 5.53. The van der Waals surface area contributed by atoms with E-state index in [1.54, 1.807) is 6.20 Å². The molecule has 26 heavy (non-hydrogen) atoms. The van der Waals surface area contributed by atoms with Crippen LogP contribution in [0.25, 0.3) is 5.69 Å². The Morgan fingerprint density at radius 3 is 2.85 bits per heavy atom. The lowest BCUT2D eigenvalue weighted by Gasteiger charge is -2.57. The van der Waals surface area contributed by atoms with Crippen molar-refractivity contribution < 1.29 is 5.11 Å². The molecule has 1 saturated carbocycles. The van der Waals surface area contributed by atoms with E-state index in [1.165, 1.54) is 5.56 Å². The van der Waals surface area contributed by atoms with Crippen LogP contribution in [0.4, 0.5) is 0 Å². The molecular weight excluding hydrogens is 324 g/mol. The fraction of sp³-hybridized carbons (Fsp3) is 0.571. The van der Waals surface area contributed by atoms with Crippen LogP contribution in [-0.4, -0.2) is 51.6 Å². The van der Waals surface area contributed by atoms with Crippen LogP contribution in [0.1, 0.15) is 32.3 Å². The first kappa shape index (κ1) is 17.7. The third kappa shape index (κ3) is 3.08. The van der Waals surface area contributed by atoms with E-state index in [-0.39, 0.29) is 17.6 Å². The molecule has 0 amide bonds. The number of rotatable bonds is 5. The standard InChI is InChI=1S/C21H30N4O/c1-15(2)20-21(14-24(20)3)11-18(19(26)12-21)22-13-16-6-4-7-17(10-16)25-9-5-8-23-25/h4-10,15,18-20,22,26H,11-14H2,1-3H3/t18-,19-,20?,21?/m1/s1. The Morgan fingerprint density at radius 2 is 2.15 bits per heavy atom. The van der Waals surface area contributed by atoms with Gasteiger partial charge < -0.3 is 15.3 Å². The Balaban J connectivity index is 1.41. The Labute approximate surface area is 156 Å². The summed E-state index contributed by atoms with van der Waals surface area (Å²) in [6.07, 6.45) is 5.49. The largest absolute Gasteiger partial charge is 0.391 e. The maximum absolute atomic E-state index is 10.7. The van der Waals surface area contributed by atoms with Crippen molar-refractivity contribution >= 4 is 0 Å². The maximum Gasteiger partial charge on any atom is 0.0699 e. The minimum Gasteiger partial charge on any atom is -0.391 e. The summed E-state index contributed by atoms with van der Waals surface area (Å²) >= 11 is 0. The smallest absolute Gasteiger partial charge is 0.0699 e. The van der Waals surface area contributed by atoms with Crippen LogP contribution in [0.5, 0.6) is 0 Å². The molecule has 2 aromatic rings. The van der Waals surface area contributed by atoms with Gasteiger partial charge in [0, 0.05) is 43.0 Å². The molecule has 4 atom stereocenters. The van der Waals surface area contributed by atoms with E-state index in [9.17, 15) is 5.11 Å². The van der Waals surface area contributed by atoms with Crippen molar-refractivity contribution in [2.24, 2.45) is 11.3 Å². The number of nitrogens with one attached hydrogen (secondary N) is 1. The Hall–Kier alpha value is -1.69. The summed E-state index contributed by atoms with van der Waals surface area (Å²) in [4.78, 5) is 2.45. The topological polar surface area (TPSA) is 53.3 Å². The van der Waals surface area contributed by atoms with Gasteiger partial charge in [0.25, 0.3) is 0 Å². The van der Waals surface area contributed by atoms with Crippen molar-refractivity contribution in [1.29, 1.82) is 0 Å². The molecule has 2 unspecified atom stereocenters. The van der Waals surface area contributed by atoms with E-state index in [2.05, 4.69) is 60.5 Å². The summed E-state index contributed by atoms with van der Waals surface area (Å²) in [5.74, 6) is 0.630. The number of aliphatic hydroxyl groups is 1. The van der Waals surface area contributed by atoms with Crippen LogP contribution >= 0.6 is 0 Å². The molecule has 140 valence electrons. The van der Waals surface area contributed by atoms with Crippen LogP contribution in [0.2, 0.25) is 0 Å². The summed E-state index contributed by atoms with van der Waals surface area (Å²) in [6, 6.07) is 11.1. The predicted octanol–water partition coefficient (Wildman–Crippen LogP) is 2.44. The molecular formula is C21H30N4O. The molecule has 0 bridgehead atoms. The minimum atomic E-state index is -0.251. The number of nitrogens with zero attached hydrogens (tertiary/aromatic N) is 3. The van der Waals surface area contributed by atoms with Gasteiger partial charge in [-0.2, -0.15) is 5.10 Å². The second-order valence-electron chi connectivity index (χ2n) is 8.55.